The van der Waals surface area contributed by atoms with Gasteiger partial charge in [0, 0.05) is 11.6 Å². The average molecular weight is 263 g/mol. The molecule has 1 aromatic heterocycles. The van der Waals surface area contributed by atoms with E-state index in [-0.39, 0.29) is 5.69 Å². The molecule has 0 radical (unpaired) electrons. The second kappa shape index (κ2) is 5.15. The van der Waals surface area contributed by atoms with Gasteiger partial charge >= 0.3 is 0 Å². The van der Waals surface area contributed by atoms with Crippen molar-refractivity contribution in [2.45, 2.75) is 52.5 Å². The van der Waals surface area contributed by atoms with Crippen molar-refractivity contribution in [2.24, 2.45) is 5.41 Å². The fourth-order valence-electron chi connectivity index (χ4n) is 2.57. The zero-order valence-electron chi connectivity index (χ0n) is 11.8. The van der Waals surface area contributed by atoms with Crippen LogP contribution < -0.4 is 5.32 Å². The van der Waals surface area contributed by atoms with Gasteiger partial charge in [-0.3, -0.25) is 10.1 Å². The molecular weight excluding hydrogens is 242 g/mol. The van der Waals surface area contributed by atoms with Crippen LogP contribution in [0.4, 0.5) is 11.5 Å². The highest BCUT2D eigenvalue weighted by Gasteiger charge is 2.27. The van der Waals surface area contributed by atoms with Gasteiger partial charge in [-0.05, 0) is 44.1 Å². The Hall–Kier alpha value is -1.65. The summed E-state index contributed by atoms with van der Waals surface area (Å²) in [4.78, 5) is 14.5. The summed E-state index contributed by atoms with van der Waals surface area (Å²) in [5.74, 6) is 0.743. The third kappa shape index (κ3) is 3.43. The predicted octanol–water partition coefficient (Wildman–Crippen LogP) is 3.68. The van der Waals surface area contributed by atoms with E-state index in [0.29, 0.717) is 17.0 Å². The van der Waals surface area contributed by atoms with Crippen molar-refractivity contribution in [1.82, 2.24) is 4.98 Å². The Morgan fingerprint density at radius 1 is 1.42 bits per heavy atom. The van der Waals surface area contributed by atoms with Gasteiger partial charge in [0.1, 0.15) is 12.0 Å². The molecule has 5 nitrogen and oxygen atoms in total. The minimum absolute atomic E-state index is 0.0790. The van der Waals surface area contributed by atoms with E-state index < -0.39 is 4.92 Å². The third-order valence-electron chi connectivity index (χ3n) is 3.97. The molecule has 19 heavy (non-hydrogen) atoms. The number of aromatic nitrogens is 1. The molecule has 1 fully saturated rings. The van der Waals surface area contributed by atoms with E-state index in [2.05, 4.69) is 24.1 Å². The van der Waals surface area contributed by atoms with Crippen molar-refractivity contribution in [3.05, 3.63) is 27.9 Å². The Morgan fingerprint density at radius 2 is 2.05 bits per heavy atom. The molecule has 1 saturated carbocycles. The zero-order valence-corrected chi connectivity index (χ0v) is 11.8. The van der Waals surface area contributed by atoms with Gasteiger partial charge in [-0.1, -0.05) is 13.8 Å². The molecule has 0 bridgehead atoms. The highest BCUT2D eigenvalue weighted by molar-refractivity contribution is 5.47. The minimum Gasteiger partial charge on any atom is -0.367 e. The van der Waals surface area contributed by atoms with E-state index in [1.807, 2.05) is 0 Å². The molecule has 0 aromatic carbocycles. The number of nitrogens with one attached hydrogen (secondary N) is 1. The number of hydrogen-bond acceptors (Lipinski definition) is 4. The standard InChI is InChI=1S/C14H21N3O2/c1-10-8-13(15-9-12(10)17(18)19)16-11-4-6-14(2,3)7-5-11/h8-9,11H,4-7H2,1-3H3,(H,15,16). The van der Waals surface area contributed by atoms with Crippen LogP contribution in [0.2, 0.25) is 0 Å². The van der Waals surface area contributed by atoms with Crippen LogP contribution in [0.15, 0.2) is 12.3 Å². The Bertz CT molecular complexity index is 476. The molecule has 1 aliphatic carbocycles. The van der Waals surface area contributed by atoms with Crippen molar-refractivity contribution < 1.29 is 4.92 Å². The van der Waals surface area contributed by atoms with Gasteiger partial charge < -0.3 is 5.32 Å². The summed E-state index contributed by atoms with van der Waals surface area (Å²) in [5.41, 5.74) is 1.17. The smallest absolute Gasteiger partial charge is 0.290 e. The van der Waals surface area contributed by atoms with Gasteiger partial charge in [0.25, 0.3) is 5.69 Å². The van der Waals surface area contributed by atoms with Gasteiger partial charge in [-0.25, -0.2) is 4.98 Å². The van der Waals surface area contributed by atoms with Crippen LogP contribution in [0.1, 0.15) is 45.1 Å². The summed E-state index contributed by atoms with van der Waals surface area (Å²) < 4.78 is 0. The van der Waals surface area contributed by atoms with Gasteiger partial charge in [0.2, 0.25) is 0 Å². The molecule has 0 saturated heterocycles. The lowest BCUT2D eigenvalue weighted by molar-refractivity contribution is -0.385. The molecule has 0 unspecified atom stereocenters. The van der Waals surface area contributed by atoms with Crippen LogP contribution in [0.25, 0.3) is 0 Å². The Kier molecular flexibility index (Phi) is 3.73. The number of nitro groups is 1. The van der Waals surface area contributed by atoms with E-state index in [9.17, 15) is 10.1 Å². The summed E-state index contributed by atoms with van der Waals surface area (Å²) in [6.45, 7) is 6.35. The van der Waals surface area contributed by atoms with Crippen LogP contribution in [0, 0.1) is 22.5 Å². The molecule has 2 rings (SSSR count). The minimum atomic E-state index is -0.394. The highest BCUT2D eigenvalue weighted by Crippen LogP contribution is 2.36. The van der Waals surface area contributed by atoms with Crippen molar-refractivity contribution in [1.29, 1.82) is 0 Å². The molecule has 0 spiro atoms. The van der Waals surface area contributed by atoms with Crippen molar-refractivity contribution in [3.63, 3.8) is 0 Å². The largest absolute Gasteiger partial charge is 0.367 e. The molecule has 5 heteroatoms. The van der Waals surface area contributed by atoms with Crippen LogP contribution in [-0.2, 0) is 0 Å². The summed E-state index contributed by atoms with van der Waals surface area (Å²) >= 11 is 0. The van der Waals surface area contributed by atoms with Gasteiger partial charge in [0.15, 0.2) is 0 Å². The van der Waals surface area contributed by atoms with Gasteiger partial charge in [0.05, 0.1) is 4.92 Å². The number of rotatable bonds is 3. The van der Waals surface area contributed by atoms with Crippen LogP contribution >= 0.6 is 0 Å². The van der Waals surface area contributed by atoms with Crippen molar-refractivity contribution in [3.8, 4) is 0 Å². The fourth-order valence-corrected chi connectivity index (χ4v) is 2.57. The number of pyridine rings is 1. The van der Waals surface area contributed by atoms with Crippen molar-refractivity contribution >= 4 is 11.5 Å². The Balaban J connectivity index is 2.01. The number of nitrogens with zero attached hydrogens (tertiary/aromatic N) is 2. The second-order valence-corrected chi connectivity index (χ2v) is 6.20. The Labute approximate surface area is 113 Å². The first-order valence-corrected chi connectivity index (χ1v) is 6.75. The number of aryl methyl sites for hydroxylation is 1. The molecule has 1 aromatic rings. The lowest BCUT2D eigenvalue weighted by Crippen LogP contribution is -2.30. The zero-order chi connectivity index (χ0) is 14.0. The molecule has 1 aliphatic rings. The van der Waals surface area contributed by atoms with Crippen LogP contribution in [0.5, 0.6) is 0 Å². The summed E-state index contributed by atoms with van der Waals surface area (Å²) in [7, 11) is 0. The van der Waals surface area contributed by atoms with E-state index in [0.717, 1.165) is 18.7 Å². The lowest BCUT2D eigenvalue weighted by atomic mass is 9.75. The molecule has 0 amide bonds. The SMILES string of the molecule is Cc1cc(NC2CCC(C)(C)CC2)ncc1[N+](=O)[O-]. The Morgan fingerprint density at radius 3 is 2.58 bits per heavy atom. The quantitative estimate of drug-likeness (QED) is 0.667. The highest BCUT2D eigenvalue weighted by atomic mass is 16.6. The topological polar surface area (TPSA) is 68.1 Å². The predicted molar refractivity (Wildman–Crippen MR) is 75.3 cm³/mol. The van der Waals surface area contributed by atoms with Crippen LogP contribution in [0.3, 0.4) is 0 Å². The lowest BCUT2D eigenvalue weighted by Gasteiger charge is -2.34. The first kappa shape index (κ1) is 13.8. The van der Waals surface area contributed by atoms with E-state index in [1.54, 1.807) is 13.0 Å². The number of hydrogen-bond donors (Lipinski definition) is 1. The normalized spacial score (nSPS) is 19.1. The van der Waals surface area contributed by atoms with Gasteiger partial charge in [-0.2, -0.15) is 0 Å². The number of anilines is 1. The molecule has 0 atom stereocenters. The third-order valence-corrected chi connectivity index (χ3v) is 3.97. The fraction of sp³-hybridized carbons (Fsp3) is 0.643. The molecular formula is C14H21N3O2. The first-order chi connectivity index (χ1) is 8.87. The maximum absolute atomic E-state index is 10.7. The summed E-state index contributed by atoms with van der Waals surface area (Å²) in [6, 6.07) is 2.19. The summed E-state index contributed by atoms with van der Waals surface area (Å²) in [6.07, 6.45) is 6.01. The maximum Gasteiger partial charge on any atom is 0.290 e. The van der Waals surface area contributed by atoms with Crippen molar-refractivity contribution in [2.75, 3.05) is 5.32 Å². The maximum atomic E-state index is 10.7. The molecule has 0 aliphatic heterocycles. The van der Waals surface area contributed by atoms with Gasteiger partial charge in [-0.15, -0.1) is 0 Å². The second-order valence-electron chi connectivity index (χ2n) is 6.20. The molecule has 1 N–H and O–H groups in total. The first-order valence-electron chi connectivity index (χ1n) is 6.75. The average Bonchev–Trinajstić information content (AvgIpc) is 2.31. The van der Waals surface area contributed by atoms with E-state index >= 15 is 0 Å². The molecule has 104 valence electrons. The monoisotopic (exact) mass is 263 g/mol. The van der Waals surface area contributed by atoms with Crippen LogP contribution in [-0.4, -0.2) is 15.9 Å². The van der Waals surface area contributed by atoms with E-state index in [1.165, 1.54) is 19.0 Å². The summed E-state index contributed by atoms with van der Waals surface area (Å²) in [5, 5.41) is 14.1. The molecule has 1 heterocycles. The van der Waals surface area contributed by atoms with E-state index in [4.69, 9.17) is 0 Å².